The Morgan fingerprint density at radius 3 is 2.49 bits per heavy atom. The van der Waals surface area contributed by atoms with Crippen molar-refractivity contribution in [2.75, 3.05) is 13.1 Å². The first kappa shape index (κ1) is 28.1. The lowest BCUT2D eigenvalue weighted by Gasteiger charge is -2.45. The molecule has 226 valence electrons. The SMILES string of the molecule is Cc1c(-c2cc3cc(F)cc(C4CCN(C(=O)C5CC(O)(C(F)(F)F)C5)CC4)c3n2CC2CC2)nn2cc(C=O)ccc12. The van der Waals surface area contributed by atoms with Crippen molar-refractivity contribution >= 4 is 28.6 Å². The number of likely N-dealkylation sites (tertiary alicyclic amines) is 1. The van der Waals surface area contributed by atoms with Gasteiger partial charge < -0.3 is 14.6 Å². The quantitative estimate of drug-likeness (QED) is 0.218. The molecule has 3 aliphatic rings. The van der Waals surface area contributed by atoms with E-state index in [0.29, 0.717) is 37.4 Å². The second-order valence-electron chi connectivity index (χ2n) is 12.6. The molecule has 7 rings (SSSR count). The summed E-state index contributed by atoms with van der Waals surface area (Å²) in [7, 11) is 0. The molecule has 0 spiro atoms. The highest BCUT2D eigenvalue weighted by Crippen LogP contribution is 2.49. The summed E-state index contributed by atoms with van der Waals surface area (Å²) in [5, 5.41) is 15.4. The Balaban J connectivity index is 1.20. The number of pyridine rings is 1. The van der Waals surface area contributed by atoms with Gasteiger partial charge in [0.2, 0.25) is 5.91 Å². The number of hydrogen-bond donors (Lipinski definition) is 1. The van der Waals surface area contributed by atoms with Gasteiger partial charge in [0.1, 0.15) is 11.5 Å². The van der Waals surface area contributed by atoms with Crippen molar-refractivity contribution < 1.29 is 32.3 Å². The van der Waals surface area contributed by atoms with E-state index in [4.69, 9.17) is 5.10 Å². The molecule has 3 fully saturated rings. The standard InChI is InChI=1S/C32H32F4N4O3/c1-18-26-5-4-20(17-41)16-40(26)37-28(18)27-11-22-10-24(33)12-25(29(22)39(27)15-19-2-3-19)21-6-8-38(9-7-21)30(42)23-13-31(43,14-23)32(34,35)36/h4-5,10-12,16-17,19,21,23,43H,2-3,6-9,13-15H2,1H3. The molecule has 43 heavy (non-hydrogen) atoms. The van der Waals surface area contributed by atoms with Gasteiger partial charge in [-0.3, -0.25) is 9.59 Å². The lowest BCUT2D eigenvalue weighted by molar-refractivity contribution is -0.296. The third kappa shape index (κ3) is 4.72. The predicted molar refractivity (Wildman–Crippen MR) is 151 cm³/mol. The fourth-order valence-corrected chi connectivity index (χ4v) is 7.00. The summed E-state index contributed by atoms with van der Waals surface area (Å²) in [6, 6.07) is 8.73. The van der Waals surface area contributed by atoms with Crippen molar-refractivity contribution in [1.29, 1.82) is 0 Å². The first-order chi connectivity index (χ1) is 20.5. The zero-order valence-corrected chi connectivity index (χ0v) is 23.7. The molecule has 3 aromatic heterocycles. The monoisotopic (exact) mass is 596 g/mol. The maximum atomic E-state index is 15.1. The van der Waals surface area contributed by atoms with Gasteiger partial charge in [-0.05, 0) is 93.2 Å². The maximum Gasteiger partial charge on any atom is 0.417 e. The van der Waals surface area contributed by atoms with Crippen LogP contribution in [0.3, 0.4) is 0 Å². The van der Waals surface area contributed by atoms with Crippen LogP contribution in [0.15, 0.2) is 36.5 Å². The molecule has 1 saturated heterocycles. The van der Waals surface area contributed by atoms with Gasteiger partial charge in [0.15, 0.2) is 11.9 Å². The van der Waals surface area contributed by atoms with Crippen molar-refractivity contribution in [3.8, 4) is 11.4 Å². The average molecular weight is 597 g/mol. The Bertz CT molecular complexity index is 1760. The van der Waals surface area contributed by atoms with Crippen LogP contribution in [0.5, 0.6) is 0 Å². The van der Waals surface area contributed by atoms with Crippen LogP contribution < -0.4 is 0 Å². The number of rotatable bonds is 6. The lowest BCUT2D eigenvalue weighted by Crippen LogP contribution is -2.59. The number of fused-ring (bicyclic) bond motifs is 2. The predicted octanol–water partition coefficient (Wildman–Crippen LogP) is 6.04. The number of piperidine rings is 1. The zero-order valence-electron chi connectivity index (χ0n) is 23.7. The molecule has 2 aliphatic carbocycles. The van der Waals surface area contributed by atoms with E-state index in [-0.39, 0.29) is 17.6 Å². The molecule has 0 unspecified atom stereocenters. The molecule has 0 radical (unpaired) electrons. The van der Waals surface area contributed by atoms with E-state index in [0.717, 1.165) is 64.6 Å². The molecule has 1 aliphatic heterocycles. The maximum absolute atomic E-state index is 15.1. The molecule has 11 heteroatoms. The Morgan fingerprint density at radius 2 is 1.84 bits per heavy atom. The van der Waals surface area contributed by atoms with Crippen molar-refractivity contribution in [3.05, 3.63) is 59.0 Å². The van der Waals surface area contributed by atoms with E-state index in [1.54, 1.807) is 33.8 Å². The molecule has 0 bridgehead atoms. The Morgan fingerprint density at radius 1 is 1.12 bits per heavy atom. The largest absolute Gasteiger partial charge is 0.417 e. The molecule has 4 heterocycles. The number of hydrogen-bond acceptors (Lipinski definition) is 4. The summed E-state index contributed by atoms with van der Waals surface area (Å²) in [4.78, 5) is 25.9. The molecule has 7 nitrogen and oxygen atoms in total. The van der Waals surface area contributed by atoms with Gasteiger partial charge in [0, 0.05) is 48.3 Å². The van der Waals surface area contributed by atoms with E-state index in [2.05, 4.69) is 4.57 Å². The van der Waals surface area contributed by atoms with Gasteiger partial charge in [-0.1, -0.05) is 0 Å². The highest BCUT2D eigenvalue weighted by Gasteiger charge is 2.63. The summed E-state index contributed by atoms with van der Waals surface area (Å²) in [6.45, 7) is 3.49. The van der Waals surface area contributed by atoms with Gasteiger partial charge in [-0.15, -0.1) is 0 Å². The Labute approximate surface area is 245 Å². The number of alkyl halides is 3. The minimum absolute atomic E-state index is 0.0335. The normalized spacial score (nSPS) is 23.2. The second kappa shape index (κ2) is 9.90. The first-order valence-electron chi connectivity index (χ1n) is 14.8. The minimum atomic E-state index is -4.74. The molecular formula is C32H32F4N4O3. The number of benzene rings is 1. The number of carbonyl (C=O) groups is 2. The topological polar surface area (TPSA) is 79.8 Å². The smallest absolute Gasteiger partial charge is 0.380 e. The summed E-state index contributed by atoms with van der Waals surface area (Å²) < 4.78 is 58.3. The van der Waals surface area contributed by atoms with Crippen molar-refractivity contribution in [2.24, 2.45) is 11.8 Å². The summed E-state index contributed by atoms with van der Waals surface area (Å²) in [6.07, 6.45) is -0.108. The van der Waals surface area contributed by atoms with Crippen molar-refractivity contribution in [3.63, 3.8) is 0 Å². The van der Waals surface area contributed by atoms with Crippen molar-refractivity contribution in [1.82, 2.24) is 19.1 Å². The van der Waals surface area contributed by atoms with Crippen LogP contribution in [0.2, 0.25) is 0 Å². The average Bonchev–Trinajstić information content (AvgIpc) is 3.63. The number of aryl methyl sites for hydroxylation is 1. The lowest BCUT2D eigenvalue weighted by atomic mass is 9.69. The highest BCUT2D eigenvalue weighted by atomic mass is 19.4. The number of aromatic nitrogens is 3. The molecule has 2 saturated carbocycles. The number of carbonyl (C=O) groups excluding carboxylic acids is 2. The van der Waals surface area contributed by atoms with Crippen LogP contribution in [0, 0.1) is 24.6 Å². The molecule has 1 amide bonds. The molecule has 1 N–H and O–H groups in total. The number of halogens is 4. The highest BCUT2D eigenvalue weighted by molar-refractivity contribution is 5.91. The van der Waals surface area contributed by atoms with Gasteiger partial charge in [-0.2, -0.15) is 18.3 Å². The van der Waals surface area contributed by atoms with Crippen LogP contribution in [0.1, 0.15) is 65.9 Å². The third-order valence-corrected chi connectivity index (χ3v) is 9.69. The number of amides is 1. The van der Waals surface area contributed by atoms with Gasteiger partial charge >= 0.3 is 6.18 Å². The van der Waals surface area contributed by atoms with E-state index in [1.807, 2.05) is 19.1 Å². The Kier molecular flexibility index (Phi) is 6.46. The van der Waals surface area contributed by atoms with E-state index >= 15 is 4.39 Å². The van der Waals surface area contributed by atoms with Gasteiger partial charge in [0.05, 0.1) is 16.7 Å². The second-order valence-corrected chi connectivity index (χ2v) is 12.6. The van der Waals surface area contributed by atoms with Crippen LogP contribution in [0.25, 0.3) is 27.8 Å². The number of aliphatic hydroxyl groups is 1. The first-order valence-corrected chi connectivity index (χ1v) is 14.8. The Hall–Kier alpha value is -3.73. The summed E-state index contributed by atoms with van der Waals surface area (Å²) >= 11 is 0. The number of aldehydes is 1. The van der Waals surface area contributed by atoms with E-state index < -0.39 is 30.5 Å². The summed E-state index contributed by atoms with van der Waals surface area (Å²) in [5.74, 6) is -1.05. The minimum Gasteiger partial charge on any atom is -0.380 e. The van der Waals surface area contributed by atoms with Crippen LogP contribution >= 0.6 is 0 Å². The van der Waals surface area contributed by atoms with Crippen LogP contribution in [0.4, 0.5) is 17.6 Å². The fourth-order valence-electron chi connectivity index (χ4n) is 7.00. The van der Waals surface area contributed by atoms with Crippen molar-refractivity contribution in [2.45, 2.75) is 69.7 Å². The van der Waals surface area contributed by atoms with Gasteiger partial charge in [-0.25, -0.2) is 8.91 Å². The zero-order chi connectivity index (χ0) is 30.3. The van der Waals surface area contributed by atoms with Crippen LogP contribution in [-0.2, 0) is 11.3 Å². The molecule has 1 aromatic carbocycles. The van der Waals surface area contributed by atoms with E-state index in [9.17, 15) is 27.9 Å². The number of nitrogens with zero attached hydrogens (tertiary/aromatic N) is 4. The summed E-state index contributed by atoms with van der Waals surface area (Å²) in [5.41, 5.74) is 3.05. The van der Waals surface area contributed by atoms with Crippen LogP contribution in [-0.4, -0.2) is 61.2 Å². The molecule has 4 aromatic rings. The van der Waals surface area contributed by atoms with Gasteiger partial charge in [0.25, 0.3) is 0 Å². The van der Waals surface area contributed by atoms with E-state index in [1.165, 1.54) is 0 Å². The molecular weight excluding hydrogens is 564 g/mol. The molecule has 0 atom stereocenters. The fraction of sp³-hybridized carbons (Fsp3) is 0.469. The third-order valence-electron chi connectivity index (χ3n) is 9.69.